The maximum absolute atomic E-state index is 13.8. The predicted octanol–water partition coefficient (Wildman–Crippen LogP) is 4.17. The molecule has 24 heavy (non-hydrogen) atoms. The van der Waals surface area contributed by atoms with E-state index in [1.807, 2.05) is 35.7 Å². The molecule has 1 amide bonds. The van der Waals surface area contributed by atoms with Crippen molar-refractivity contribution in [3.63, 3.8) is 0 Å². The summed E-state index contributed by atoms with van der Waals surface area (Å²) in [6.07, 6.45) is 3.93. The summed E-state index contributed by atoms with van der Waals surface area (Å²) in [6.45, 7) is 0.908. The average Bonchev–Trinajstić information content (AvgIpc) is 3.15. The van der Waals surface area contributed by atoms with E-state index >= 15 is 0 Å². The number of carbonyl (C=O) groups excluding carboxylic acids is 1. The van der Waals surface area contributed by atoms with Crippen LogP contribution in [0.15, 0.2) is 66.3 Å². The molecule has 3 nitrogen and oxygen atoms in total. The molecule has 3 aromatic rings. The summed E-state index contributed by atoms with van der Waals surface area (Å²) < 4.78 is 13.8. The normalized spacial score (nSPS) is 10.5. The van der Waals surface area contributed by atoms with Crippen LogP contribution in [0.3, 0.4) is 0 Å². The molecule has 3 rings (SSSR count). The van der Waals surface area contributed by atoms with Gasteiger partial charge in [-0.1, -0.05) is 30.3 Å². The lowest BCUT2D eigenvalue weighted by Gasteiger charge is -2.22. The second-order valence-electron chi connectivity index (χ2n) is 5.41. The van der Waals surface area contributed by atoms with Gasteiger partial charge in [-0.15, -0.1) is 11.3 Å². The first kappa shape index (κ1) is 16.3. The maximum Gasteiger partial charge on any atom is 0.264 e. The van der Waals surface area contributed by atoms with Crippen LogP contribution in [0.2, 0.25) is 0 Å². The number of pyridine rings is 1. The molecule has 0 N–H and O–H groups in total. The molecule has 0 aliphatic heterocycles. The number of amides is 1. The Hall–Kier alpha value is -2.53. The Morgan fingerprint density at radius 2 is 2.00 bits per heavy atom. The summed E-state index contributed by atoms with van der Waals surface area (Å²) in [5, 5.41) is 1.88. The number of rotatable bonds is 6. The van der Waals surface area contributed by atoms with Gasteiger partial charge in [0.25, 0.3) is 5.91 Å². The van der Waals surface area contributed by atoms with Crippen molar-refractivity contribution >= 4 is 17.2 Å². The van der Waals surface area contributed by atoms with E-state index in [-0.39, 0.29) is 11.7 Å². The summed E-state index contributed by atoms with van der Waals surface area (Å²) >= 11 is 1.41. The molecule has 0 bridgehead atoms. The summed E-state index contributed by atoms with van der Waals surface area (Å²) in [4.78, 5) is 19.3. The Morgan fingerprint density at radius 1 is 1.12 bits per heavy atom. The van der Waals surface area contributed by atoms with Gasteiger partial charge in [-0.2, -0.15) is 0 Å². The molecular weight excluding hydrogens is 323 g/mol. The van der Waals surface area contributed by atoms with Gasteiger partial charge >= 0.3 is 0 Å². The second kappa shape index (κ2) is 7.84. The number of thiophene rings is 1. The van der Waals surface area contributed by atoms with Gasteiger partial charge in [0.05, 0.1) is 4.88 Å². The second-order valence-corrected chi connectivity index (χ2v) is 6.35. The van der Waals surface area contributed by atoms with Crippen LogP contribution in [0.25, 0.3) is 0 Å². The third-order valence-electron chi connectivity index (χ3n) is 3.72. The molecule has 0 aliphatic carbocycles. The molecule has 0 radical (unpaired) electrons. The quantitative estimate of drug-likeness (QED) is 0.675. The molecule has 2 aromatic heterocycles. The summed E-state index contributed by atoms with van der Waals surface area (Å²) in [6, 6.07) is 14.1. The molecule has 2 heterocycles. The highest BCUT2D eigenvalue weighted by molar-refractivity contribution is 7.12. The van der Waals surface area contributed by atoms with Crippen LogP contribution in [0.4, 0.5) is 4.39 Å². The van der Waals surface area contributed by atoms with E-state index in [0.717, 1.165) is 5.56 Å². The summed E-state index contributed by atoms with van der Waals surface area (Å²) in [5.41, 5.74) is 1.57. The van der Waals surface area contributed by atoms with Crippen molar-refractivity contribution in [1.29, 1.82) is 0 Å². The zero-order valence-electron chi connectivity index (χ0n) is 13.1. The van der Waals surface area contributed by atoms with Crippen molar-refractivity contribution in [2.45, 2.75) is 13.0 Å². The Morgan fingerprint density at radius 3 is 2.71 bits per heavy atom. The molecular formula is C19H17FN2OS. The van der Waals surface area contributed by atoms with E-state index in [2.05, 4.69) is 4.98 Å². The number of aromatic nitrogens is 1. The Balaban J connectivity index is 1.76. The van der Waals surface area contributed by atoms with Gasteiger partial charge in [-0.3, -0.25) is 9.78 Å². The van der Waals surface area contributed by atoms with Crippen LogP contribution >= 0.6 is 11.3 Å². The monoisotopic (exact) mass is 340 g/mol. The fraction of sp³-hybridized carbons (Fsp3) is 0.158. The summed E-state index contributed by atoms with van der Waals surface area (Å²) in [7, 11) is 0. The molecule has 0 aliphatic rings. The van der Waals surface area contributed by atoms with Crippen molar-refractivity contribution in [2.24, 2.45) is 0 Å². The van der Waals surface area contributed by atoms with Crippen LogP contribution < -0.4 is 0 Å². The van der Waals surface area contributed by atoms with E-state index in [4.69, 9.17) is 0 Å². The highest BCUT2D eigenvalue weighted by atomic mass is 32.1. The highest BCUT2D eigenvalue weighted by Gasteiger charge is 2.17. The van der Waals surface area contributed by atoms with Crippen LogP contribution in [0.1, 0.15) is 20.8 Å². The van der Waals surface area contributed by atoms with Gasteiger partial charge in [0.1, 0.15) is 5.82 Å². The number of carbonyl (C=O) groups is 1. The Labute approximate surface area is 144 Å². The Kier molecular flexibility index (Phi) is 5.33. The lowest BCUT2D eigenvalue weighted by atomic mass is 10.1. The van der Waals surface area contributed by atoms with Crippen molar-refractivity contribution in [3.8, 4) is 0 Å². The number of benzene rings is 1. The first-order valence-electron chi connectivity index (χ1n) is 7.69. The molecule has 122 valence electrons. The van der Waals surface area contributed by atoms with Crippen molar-refractivity contribution in [1.82, 2.24) is 9.88 Å². The first-order chi connectivity index (χ1) is 11.7. The molecule has 0 fully saturated rings. The number of hydrogen-bond donors (Lipinski definition) is 0. The fourth-order valence-electron chi connectivity index (χ4n) is 2.48. The minimum atomic E-state index is -0.234. The highest BCUT2D eigenvalue weighted by Crippen LogP contribution is 2.16. The van der Waals surface area contributed by atoms with E-state index in [0.29, 0.717) is 30.0 Å². The molecule has 1 aromatic carbocycles. The van der Waals surface area contributed by atoms with Gasteiger partial charge in [0, 0.05) is 25.5 Å². The number of nitrogens with zero attached hydrogens (tertiary/aromatic N) is 2. The molecule has 0 saturated heterocycles. The SMILES string of the molecule is O=C(c1cccs1)N(CCc1ccccc1F)Cc1cccnc1. The Bertz CT molecular complexity index is 790. The zero-order chi connectivity index (χ0) is 16.8. The van der Waals surface area contributed by atoms with Crippen LogP contribution in [0, 0.1) is 5.82 Å². The number of halogens is 1. The van der Waals surface area contributed by atoms with Gasteiger partial charge in [0.2, 0.25) is 0 Å². The van der Waals surface area contributed by atoms with E-state index in [1.165, 1.54) is 17.4 Å². The van der Waals surface area contributed by atoms with Gasteiger partial charge in [-0.05, 0) is 41.1 Å². The largest absolute Gasteiger partial charge is 0.333 e. The van der Waals surface area contributed by atoms with E-state index in [1.54, 1.807) is 29.4 Å². The smallest absolute Gasteiger partial charge is 0.264 e. The molecule has 0 atom stereocenters. The third-order valence-corrected chi connectivity index (χ3v) is 4.58. The zero-order valence-corrected chi connectivity index (χ0v) is 13.9. The minimum Gasteiger partial charge on any atom is -0.333 e. The van der Waals surface area contributed by atoms with Gasteiger partial charge < -0.3 is 4.90 Å². The van der Waals surface area contributed by atoms with Crippen molar-refractivity contribution in [3.05, 3.63) is 88.1 Å². The average molecular weight is 340 g/mol. The molecule has 5 heteroatoms. The fourth-order valence-corrected chi connectivity index (χ4v) is 3.17. The standard InChI is InChI=1S/C19H17FN2OS/c20-17-7-2-1-6-16(17)9-11-22(14-15-5-3-10-21-13-15)19(23)18-8-4-12-24-18/h1-8,10,12-13H,9,11,14H2. The number of hydrogen-bond acceptors (Lipinski definition) is 3. The third kappa shape index (κ3) is 4.06. The van der Waals surface area contributed by atoms with E-state index in [9.17, 15) is 9.18 Å². The maximum atomic E-state index is 13.8. The van der Waals surface area contributed by atoms with E-state index < -0.39 is 0 Å². The van der Waals surface area contributed by atoms with Crippen LogP contribution in [0.5, 0.6) is 0 Å². The molecule has 0 unspecified atom stereocenters. The van der Waals surface area contributed by atoms with Crippen LogP contribution in [-0.4, -0.2) is 22.3 Å². The minimum absolute atomic E-state index is 0.0369. The van der Waals surface area contributed by atoms with Gasteiger partial charge in [0.15, 0.2) is 0 Å². The van der Waals surface area contributed by atoms with Crippen molar-refractivity contribution < 1.29 is 9.18 Å². The van der Waals surface area contributed by atoms with Gasteiger partial charge in [-0.25, -0.2) is 4.39 Å². The summed E-state index contributed by atoms with van der Waals surface area (Å²) in [5.74, 6) is -0.271. The topological polar surface area (TPSA) is 33.2 Å². The lowest BCUT2D eigenvalue weighted by molar-refractivity contribution is 0.0749. The first-order valence-corrected chi connectivity index (χ1v) is 8.57. The van der Waals surface area contributed by atoms with Crippen molar-refractivity contribution in [2.75, 3.05) is 6.54 Å². The predicted molar refractivity (Wildman–Crippen MR) is 93.4 cm³/mol. The van der Waals surface area contributed by atoms with Crippen LogP contribution in [-0.2, 0) is 13.0 Å². The molecule has 0 spiro atoms. The molecule has 0 saturated carbocycles. The lowest BCUT2D eigenvalue weighted by Crippen LogP contribution is -2.32.